The maximum atomic E-state index is 3.94. The molecular formula is C13H28N2. The van der Waals surface area contributed by atoms with Crippen molar-refractivity contribution in [2.45, 2.75) is 40.7 Å². The third kappa shape index (κ3) is 8.64. The maximum absolute atomic E-state index is 3.94. The first-order valence-electron chi connectivity index (χ1n) is 5.79. The summed E-state index contributed by atoms with van der Waals surface area (Å²) in [5.41, 5.74) is 1.54. The molecule has 0 aromatic heterocycles. The highest BCUT2D eigenvalue weighted by molar-refractivity contribution is 4.92. The van der Waals surface area contributed by atoms with Crippen LogP contribution in [0.3, 0.4) is 0 Å². The molecule has 0 amide bonds. The molecule has 0 heterocycles. The highest BCUT2D eigenvalue weighted by Gasteiger charge is 2.19. The molecular weight excluding hydrogens is 184 g/mol. The number of rotatable bonds is 7. The van der Waals surface area contributed by atoms with Crippen molar-refractivity contribution in [3.8, 4) is 0 Å². The molecule has 0 unspecified atom stereocenters. The average Bonchev–Trinajstić information content (AvgIpc) is 1.98. The second kappa shape index (κ2) is 6.29. The van der Waals surface area contributed by atoms with Crippen molar-refractivity contribution in [3.05, 3.63) is 12.2 Å². The Morgan fingerprint density at radius 3 is 2.33 bits per heavy atom. The smallest absolute Gasteiger partial charge is 0.0184 e. The van der Waals surface area contributed by atoms with E-state index in [-0.39, 0.29) is 0 Å². The van der Waals surface area contributed by atoms with Gasteiger partial charge in [-0.25, -0.2) is 0 Å². The average molecular weight is 212 g/mol. The Morgan fingerprint density at radius 2 is 1.93 bits per heavy atom. The molecule has 0 spiro atoms. The van der Waals surface area contributed by atoms with Gasteiger partial charge in [0.1, 0.15) is 0 Å². The first kappa shape index (κ1) is 14.7. The predicted octanol–water partition coefficient (Wildman–Crippen LogP) is 2.52. The molecule has 0 aliphatic carbocycles. The fourth-order valence-corrected chi connectivity index (χ4v) is 1.78. The van der Waals surface area contributed by atoms with Crippen LogP contribution in [-0.4, -0.2) is 37.6 Å². The molecule has 0 rings (SSSR count). The summed E-state index contributed by atoms with van der Waals surface area (Å²) < 4.78 is 0. The molecule has 0 aromatic rings. The minimum absolute atomic E-state index is 0.314. The summed E-state index contributed by atoms with van der Waals surface area (Å²) in [6.45, 7) is 18.2. The summed E-state index contributed by atoms with van der Waals surface area (Å²) in [6.07, 6.45) is 0. The van der Waals surface area contributed by atoms with Gasteiger partial charge in [-0.05, 0) is 19.4 Å². The van der Waals surface area contributed by atoms with Gasteiger partial charge >= 0.3 is 0 Å². The van der Waals surface area contributed by atoms with E-state index in [0.717, 1.165) is 19.6 Å². The van der Waals surface area contributed by atoms with Crippen molar-refractivity contribution in [2.24, 2.45) is 5.41 Å². The summed E-state index contributed by atoms with van der Waals surface area (Å²) in [5.74, 6) is 0. The molecule has 2 heteroatoms. The lowest BCUT2D eigenvalue weighted by Gasteiger charge is -2.31. The largest absolute Gasteiger partial charge is 0.314 e. The van der Waals surface area contributed by atoms with Crippen LogP contribution < -0.4 is 5.32 Å². The molecule has 0 aliphatic heterocycles. The van der Waals surface area contributed by atoms with Crippen LogP contribution in [0.4, 0.5) is 0 Å². The molecule has 1 N–H and O–H groups in total. The van der Waals surface area contributed by atoms with Gasteiger partial charge in [0, 0.05) is 25.7 Å². The topological polar surface area (TPSA) is 15.3 Å². The van der Waals surface area contributed by atoms with E-state index in [4.69, 9.17) is 0 Å². The molecule has 0 fully saturated rings. The van der Waals surface area contributed by atoms with E-state index in [1.54, 1.807) is 0 Å². The molecule has 0 saturated carbocycles. The van der Waals surface area contributed by atoms with Gasteiger partial charge in [0.15, 0.2) is 0 Å². The lowest BCUT2D eigenvalue weighted by Crippen LogP contribution is -2.41. The zero-order valence-corrected chi connectivity index (χ0v) is 11.4. The fraction of sp³-hybridized carbons (Fsp3) is 0.846. The quantitative estimate of drug-likeness (QED) is 0.652. The minimum atomic E-state index is 0.314. The van der Waals surface area contributed by atoms with Crippen LogP contribution in [0.2, 0.25) is 0 Å². The van der Waals surface area contributed by atoms with Crippen molar-refractivity contribution >= 4 is 0 Å². The molecule has 0 radical (unpaired) electrons. The predicted molar refractivity (Wildman–Crippen MR) is 69.2 cm³/mol. The van der Waals surface area contributed by atoms with Crippen molar-refractivity contribution < 1.29 is 0 Å². The van der Waals surface area contributed by atoms with E-state index in [9.17, 15) is 0 Å². The van der Waals surface area contributed by atoms with Crippen molar-refractivity contribution in [1.82, 2.24) is 10.2 Å². The highest BCUT2D eigenvalue weighted by atomic mass is 15.1. The van der Waals surface area contributed by atoms with E-state index in [2.05, 4.69) is 58.5 Å². The van der Waals surface area contributed by atoms with E-state index >= 15 is 0 Å². The lowest BCUT2D eigenvalue weighted by atomic mass is 9.92. The van der Waals surface area contributed by atoms with Crippen LogP contribution in [0.25, 0.3) is 0 Å². The summed E-state index contributed by atoms with van der Waals surface area (Å²) in [4.78, 5) is 2.34. The fourth-order valence-electron chi connectivity index (χ4n) is 1.78. The van der Waals surface area contributed by atoms with Crippen LogP contribution in [0.15, 0.2) is 12.2 Å². The Hall–Kier alpha value is -0.340. The molecule has 15 heavy (non-hydrogen) atoms. The number of likely N-dealkylation sites (N-methyl/N-ethyl adjacent to an activating group) is 1. The van der Waals surface area contributed by atoms with Gasteiger partial charge in [-0.3, -0.25) is 0 Å². The zero-order valence-electron chi connectivity index (χ0n) is 11.4. The van der Waals surface area contributed by atoms with Gasteiger partial charge in [-0.1, -0.05) is 39.8 Å². The molecule has 90 valence electrons. The summed E-state index contributed by atoms with van der Waals surface area (Å²) >= 11 is 0. The molecule has 0 saturated heterocycles. The number of hydrogen-bond acceptors (Lipinski definition) is 2. The molecule has 0 bridgehead atoms. The van der Waals surface area contributed by atoms with Gasteiger partial charge in [-0.2, -0.15) is 0 Å². The normalized spacial score (nSPS) is 12.5. The third-order valence-electron chi connectivity index (χ3n) is 2.23. The number of nitrogens with one attached hydrogen (secondary N) is 1. The van der Waals surface area contributed by atoms with Crippen LogP contribution in [0, 0.1) is 5.41 Å². The summed E-state index contributed by atoms with van der Waals surface area (Å²) in [7, 11) is 2.16. The second-order valence-electron chi connectivity index (χ2n) is 5.83. The SMILES string of the molecule is C=C(C)CN(C)CC(C)(C)CNC(C)C. The summed E-state index contributed by atoms with van der Waals surface area (Å²) in [5, 5.41) is 3.50. The number of nitrogens with zero attached hydrogens (tertiary/aromatic N) is 1. The highest BCUT2D eigenvalue weighted by Crippen LogP contribution is 2.15. The Kier molecular flexibility index (Phi) is 6.15. The third-order valence-corrected chi connectivity index (χ3v) is 2.23. The zero-order chi connectivity index (χ0) is 12.1. The van der Waals surface area contributed by atoms with E-state index < -0.39 is 0 Å². The summed E-state index contributed by atoms with van der Waals surface area (Å²) in [6, 6.07) is 0.565. The van der Waals surface area contributed by atoms with Crippen LogP contribution >= 0.6 is 0 Å². The van der Waals surface area contributed by atoms with E-state index in [0.29, 0.717) is 11.5 Å². The monoisotopic (exact) mass is 212 g/mol. The molecule has 0 atom stereocenters. The van der Waals surface area contributed by atoms with Crippen LogP contribution in [0.1, 0.15) is 34.6 Å². The second-order valence-corrected chi connectivity index (χ2v) is 5.83. The van der Waals surface area contributed by atoms with Crippen LogP contribution in [-0.2, 0) is 0 Å². The van der Waals surface area contributed by atoms with Crippen molar-refractivity contribution in [1.29, 1.82) is 0 Å². The minimum Gasteiger partial charge on any atom is -0.314 e. The Balaban J connectivity index is 3.95. The Bertz CT molecular complexity index is 195. The van der Waals surface area contributed by atoms with Gasteiger partial charge in [0.2, 0.25) is 0 Å². The molecule has 2 nitrogen and oxygen atoms in total. The van der Waals surface area contributed by atoms with Crippen LogP contribution in [0.5, 0.6) is 0 Å². The Labute approximate surface area is 95.7 Å². The van der Waals surface area contributed by atoms with E-state index in [1.165, 1.54) is 5.57 Å². The Morgan fingerprint density at radius 1 is 1.40 bits per heavy atom. The molecule has 0 aliphatic rings. The van der Waals surface area contributed by atoms with Gasteiger partial charge in [0.25, 0.3) is 0 Å². The standard InChI is InChI=1S/C13H28N2/c1-11(2)8-15(7)10-13(5,6)9-14-12(3)4/h12,14H,1,8-10H2,2-7H3. The first-order chi connectivity index (χ1) is 6.73. The molecule has 0 aromatic carbocycles. The lowest BCUT2D eigenvalue weighted by molar-refractivity contribution is 0.211. The maximum Gasteiger partial charge on any atom is 0.0184 e. The van der Waals surface area contributed by atoms with Gasteiger partial charge in [0.05, 0.1) is 0 Å². The van der Waals surface area contributed by atoms with Gasteiger partial charge < -0.3 is 10.2 Å². The first-order valence-corrected chi connectivity index (χ1v) is 5.79. The van der Waals surface area contributed by atoms with Gasteiger partial charge in [-0.15, -0.1) is 0 Å². The number of hydrogen-bond donors (Lipinski definition) is 1. The van der Waals surface area contributed by atoms with Crippen molar-refractivity contribution in [2.75, 3.05) is 26.7 Å². The van der Waals surface area contributed by atoms with Crippen molar-refractivity contribution in [3.63, 3.8) is 0 Å². The van der Waals surface area contributed by atoms with E-state index in [1.807, 2.05) is 0 Å².